The van der Waals surface area contributed by atoms with Gasteiger partial charge in [-0.25, -0.2) is 0 Å². The molecule has 4 rings (SSSR count). The first-order valence-electron chi connectivity index (χ1n) is 10.1. The molecule has 1 aromatic heterocycles. The lowest BCUT2D eigenvalue weighted by atomic mass is 9.94. The topological polar surface area (TPSA) is 82.8 Å². The molecule has 1 aromatic carbocycles. The number of aromatic nitrogens is 1. The number of nitro groups is 1. The monoisotopic (exact) mass is 395 g/mol. The lowest BCUT2D eigenvalue weighted by molar-refractivity contribution is -0.384. The zero-order chi connectivity index (χ0) is 20.2. The van der Waals surface area contributed by atoms with Gasteiger partial charge in [0.05, 0.1) is 4.92 Å². The van der Waals surface area contributed by atoms with Crippen molar-refractivity contribution in [2.24, 2.45) is 5.92 Å². The third-order valence-corrected chi connectivity index (χ3v) is 5.88. The molecule has 2 fully saturated rings. The molecule has 2 aromatic rings. The molecule has 0 radical (unpaired) electrons. The summed E-state index contributed by atoms with van der Waals surface area (Å²) in [5.41, 5.74) is 1.92. The molecule has 0 bridgehead atoms. The average Bonchev–Trinajstić information content (AvgIpc) is 2.79. The Kier molecular flexibility index (Phi) is 5.59. The van der Waals surface area contributed by atoms with Gasteiger partial charge in [0.25, 0.3) is 5.69 Å². The Morgan fingerprint density at radius 1 is 0.931 bits per heavy atom. The van der Waals surface area contributed by atoms with Gasteiger partial charge in [-0.05, 0) is 31.0 Å². The van der Waals surface area contributed by atoms with E-state index in [0.29, 0.717) is 18.8 Å². The Hall–Kier alpha value is -3.16. The molecular formula is C21H25N5O3. The van der Waals surface area contributed by atoms with E-state index in [1.54, 1.807) is 24.5 Å². The van der Waals surface area contributed by atoms with E-state index in [1.165, 1.54) is 6.07 Å². The van der Waals surface area contributed by atoms with Crippen molar-refractivity contribution < 1.29 is 9.72 Å². The Labute approximate surface area is 169 Å². The first-order chi connectivity index (χ1) is 14.1. The third kappa shape index (κ3) is 4.16. The van der Waals surface area contributed by atoms with E-state index in [4.69, 9.17) is 0 Å². The molecule has 0 aliphatic carbocycles. The average molecular weight is 395 g/mol. The molecule has 2 aliphatic rings. The van der Waals surface area contributed by atoms with Crippen molar-refractivity contribution in [3.05, 3.63) is 58.9 Å². The number of rotatable bonds is 4. The lowest BCUT2D eigenvalue weighted by Crippen LogP contribution is -2.51. The molecule has 8 heteroatoms. The number of carbonyl (C=O) groups excluding carboxylic acids is 1. The molecule has 1 amide bonds. The minimum Gasteiger partial charge on any atom is -0.368 e. The van der Waals surface area contributed by atoms with Crippen LogP contribution in [0, 0.1) is 16.0 Å². The molecule has 2 saturated heterocycles. The summed E-state index contributed by atoms with van der Waals surface area (Å²) in [5, 5.41) is 11.3. The highest BCUT2D eigenvalue weighted by Gasteiger charge is 2.32. The Morgan fingerprint density at radius 2 is 1.59 bits per heavy atom. The number of amides is 1. The standard InChI is InChI=1S/C21H25N5O3/c27-21(25-15-13-23(14-16-25)18-5-9-22-10-6-18)17-7-11-24(12-8-17)19-3-1-2-4-20(19)26(28)29/h1-6,9-10,17H,7-8,11-16H2. The van der Waals surface area contributed by atoms with E-state index < -0.39 is 0 Å². The van der Waals surface area contributed by atoms with Gasteiger partial charge < -0.3 is 14.7 Å². The van der Waals surface area contributed by atoms with Gasteiger partial charge in [-0.3, -0.25) is 19.9 Å². The van der Waals surface area contributed by atoms with E-state index in [9.17, 15) is 14.9 Å². The number of piperazine rings is 1. The fraction of sp³-hybridized carbons (Fsp3) is 0.429. The SMILES string of the molecule is O=C(C1CCN(c2ccccc2[N+](=O)[O-])CC1)N1CCN(c2ccncc2)CC1. The van der Waals surface area contributed by atoms with Gasteiger partial charge in [0.15, 0.2) is 0 Å². The van der Waals surface area contributed by atoms with Crippen molar-refractivity contribution in [1.82, 2.24) is 9.88 Å². The summed E-state index contributed by atoms with van der Waals surface area (Å²) < 4.78 is 0. The normalized spacial score (nSPS) is 18.0. The van der Waals surface area contributed by atoms with Gasteiger partial charge in [-0.2, -0.15) is 0 Å². The molecule has 0 saturated carbocycles. The number of nitrogens with zero attached hydrogens (tertiary/aromatic N) is 5. The zero-order valence-electron chi connectivity index (χ0n) is 16.3. The molecule has 3 heterocycles. The van der Waals surface area contributed by atoms with Crippen LogP contribution < -0.4 is 9.80 Å². The largest absolute Gasteiger partial charge is 0.368 e. The van der Waals surface area contributed by atoms with Crippen molar-refractivity contribution >= 4 is 23.0 Å². The molecule has 2 aliphatic heterocycles. The summed E-state index contributed by atoms with van der Waals surface area (Å²) in [6, 6.07) is 10.8. The van der Waals surface area contributed by atoms with E-state index in [2.05, 4.69) is 9.88 Å². The number of carbonyl (C=O) groups is 1. The fourth-order valence-corrected chi connectivity index (χ4v) is 4.25. The van der Waals surface area contributed by atoms with E-state index in [0.717, 1.165) is 44.7 Å². The minimum absolute atomic E-state index is 0.00138. The maximum absolute atomic E-state index is 13.0. The van der Waals surface area contributed by atoms with Crippen LogP contribution in [-0.4, -0.2) is 60.0 Å². The van der Waals surface area contributed by atoms with Crippen molar-refractivity contribution in [3.63, 3.8) is 0 Å². The number of hydrogen-bond donors (Lipinski definition) is 0. The maximum Gasteiger partial charge on any atom is 0.292 e. The summed E-state index contributed by atoms with van der Waals surface area (Å²) >= 11 is 0. The highest BCUT2D eigenvalue weighted by molar-refractivity contribution is 5.79. The zero-order valence-corrected chi connectivity index (χ0v) is 16.3. The molecule has 0 N–H and O–H groups in total. The maximum atomic E-state index is 13.0. The number of nitro benzene ring substituents is 1. The second kappa shape index (κ2) is 8.46. The predicted octanol–water partition coefficient (Wildman–Crippen LogP) is 2.56. The number of piperidine rings is 1. The van der Waals surface area contributed by atoms with E-state index in [1.807, 2.05) is 28.0 Å². The Morgan fingerprint density at radius 3 is 2.24 bits per heavy atom. The van der Waals surface area contributed by atoms with Gasteiger partial charge in [-0.15, -0.1) is 0 Å². The van der Waals surface area contributed by atoms with Gasteiger partial charge in [0.1, 0.15) is 5.69 Å². The van der Waals surface area contributed by atoms with Crippen LogP contribution in [0.4, 0.5) is 17.1 Å². The van der Waals surface area contributed by atoms with Crippen molar-refractivity contribution in [3.8, 4) is 0 Å². The summed E-state index contributed by atoms with van der Waals surface area (Å²) in [6.45, 7) is 4.43. The molecule has 0 spiro atoms. The van der Waals surface area contributed by atoms with Crippen LogP contribution >= 0.6 is 0 Å². The van der Waals surface area contributed by atoms with Gasteiger partial charge in [-0.1, -0.05) is 12.1 Å². The molecule has 0 atom stereocenters. The van der Waals surface area contributed by atoms with Gasteiger partial charge >= 0.3 is 0 Å². The van der Waals surface area contributed by atoms with E-state index >= 15 is 0 Å². The van der Waals surface area contributed by atoms with Crippen LogP contribution in [0.1, 0.15) is 12.8 Å². The molecule has 152 valence electrons. The Balaban J connectivity index is 1.32. The first-order valence-corrected chi connectivity index (χ1v) is 10.1. The third-order valence-electron chi connectivity index (χ3n) is 5.88. The summed E-state index contributed by atoms with van der Waals surface area (Å²) in [6.07, 6.45) is 5.04. The smallest absolute Gasteiger partial charge is 0.292 e. The van der Waals surface area contributed by atoms with Crippen molar-refractivity contribution in [2.45, 2.75) is 12.8 Å². The van der Waals surface area contributed by atoms with Crippen LogP contribution in [0.5, 0.6) is 0 Å². The molecule has 29 heavy (non-hydrogen) atoms. The quantitative estimate of drug-likeness (QED) is 0.584. The minimum atomic E-state index is -0.338. The summed E-state index contributed by atoms with van der Waals surface area (Å²) in [7, 11) is 0. The molecule has 0 unspecified atom stereocenters. The summed E-state index contributed by atoms with van der Waals surface area (Å²) in [4.78, 5) is 34.3. The molecule has 8 nitrogen and oxygen atoms in total. The number of pyridine rings is 1. The second-order valence-electron chi connectivity index (χ2n) is 7.52. The van der Waals surface area contributed by atoms with E-state index in [-0.39, 0.29) is 22.4 Å². The summed E-state index contributed by atoms with van der Waals surface area (Å²) in [5.74, 6) is 0.225. The van der Waals surface area contributed by atoms with Gasteiger partial charge in [0.2, 0.25) is 5.91 Å². The fourth-order valence-electron chi connectivity index (χ4n) is 4.25. The van der Waals surface area contributed by atoms with Crippen LogP contribution in [0.25, 0.3) is 0 Å². The second-order valence-corrected chi connectivity index (χ2v) is 7.52. The number of benzene rings is 1. The van der Waals surface area contributed by atoms with Crippen molar-refractivity contribution in [2.75, 3.05) is 49.1 Å². The van der Waals surface area contributed by atoms with Crippen LogP contribution in [0.2, 0.25) is 0 Å². The first kappa shape index (κ1) is 19.2. The van der Waals surface area contributed by atoms with Crippen LogP contribution in [0.15, 0.2) is 48.8 Å². The Bertz CT molecular complexity index is 860. The van der Waals surface area contributed by atoms with Crippen LogP contribution in [-0.2, 0) is 4.79 Å². The highest BCUT2D eigenvalue weighted by atomic mass is 16.6. The van der Waals surface area contributed by atoms with Crippen molar-refractivity contribution in [1.29, 1.82) is 0 Å². The predicted molar refractivity (Wildman–Crippen MR) is 111 cm³/mol. The van der Waals surface area contributed by atoms with Gasteiger partial charge in [0, 0.05) is 69.3 Å². The number of anilines is 2. The number of hydrogen-bond acceptors (Lipinski definition) is 6. The lowest BCUT2D eigenvalue weighted by Gasteiger charge is -2.39. The molecular weight excluding hydrogens is 370 g/mol. The number of para-hydroxylation sites is 2. The highest BCUT2D eigenvalue weighted by Crippen LogP contribution is 2.31. The van der Waals surface area contributed by atoms with Crippen LogP contribution in [0.3, 0.4) is 0 Å².